The van der Waals surface area contributed by atoms with Gasteiger partial charge in [0.05, 0.1) is 16.4 Å². The highest BCUT2D eigenvalue weighted by Crippen LogP contribution is 2.64. The van der Waals surface area contributed by atoms with Gasteiger partial charge in [-0.3, -0.25) is 4.57 Å². The van der Waals surface area contributed by atoms with E-state index in [9.17, 15) is 0 Å². The molecule has 4 nitrogen and oxygen atoms in total. The molecule has 2 aliphatic rings. The summed E-state index contributed by atoms with van der Waals surface area (Å²) in [5.74, 6) is 1.86. The van der Waals surface area contributed by atoms with E-state index in [2.05, 4.69) is 162 Å². The molecule has 0 bridgehead atoms. The maximum absolute atomic E-state index is 5.19. The zero-order chi connectivity index (χ0) is 36.8. The van der Waals surface area contributed by atoms with Crippen molar-refractivity contribution in [2.24, 2.45) is 0 Å². The predicted octanol–water partition coefficient (Wildman–Crippen LogP) is 12.3. The van der Waals surface area contributed by atoms with Gasteiger partial charge in [-0.1, -0.05) is 182 Å². The molecule has 2 aromatic heterocycles. The van der Waals surface area contributed by atoms with Crippen molar-refractivity contribution in [2.45, 2.75) is 5.41 Å². The standard InChI is InChI=1S/C52H32N4/c1-3-16-33(17-4-1)49-53-50(34-18-5-2-6-19-34)55-51(54-49)56-46-29-14-10-22-39(46)40-31-30-35(32-47(40)56)36-24-15-28-45-48(36)41-23-9-13-27-44(41)52(45)42-25-11-7-20-37(42)38-21-8-12-26-43(38)52/h1-32H. The van der Waals surface area contributed by atoms with Gasteiger partial charge in [0.1, 0.15) is 0 Å². The van der Waals surface area contributed by atoms with Crippen molar-refractivity contribution in [1.82, 2.24) is 19.5 Å². The Balaban J connectivity index is 1.13. The number of para-hydroxylation sites is 1. The number of hydrogen-bond donors (Lipinski definition) is 0. The third-order valence-electron chi connectivity index (χ3n) is 11.9. The van der Waals surface area contributed by atoms with Gasteiger partial charge in [-0.2, -0.15) is 9.97 Å². The van der Waals surface area contributed by atoms with Gasteiger partial charge in [0.25, 0.3) is 0 Å². The van der Waals surface area contributed by atoms with Crippen LogP contribution in [0.4, 0.5) is 0 Å². The second-order valence-corrected chi connectivity index (χ2v) is 14.7. The summed E-state index contributed by atoms with van der Waals surface area (Å²) in [6, 6.07) is 69.7. The molecule has 8 aromatic carbocycles. The summed E-state index contributed by atoms with van der Waals surface area (Å²) < 4.78 is 2.22. The van der Waals surface area contributed by atoms with Gasteiger partial charge in [0.2, 0.25) is 5.95 Å². The van der Waals surface area contributed by atoms with Gasteiger partial charge < -0.3 is 0 Å². The van der Waals surface area contributed by atoms with Crippen molar-refractivity contribution in [2.75, 3.05) is 0 Å². The van der Waals surface area contributed by atoms with Crippen molar-refractivity contribution >= 4 is 21.8 Å². The zero-order valence-corrected chi connectivity index (χ0v) is 30.3. The van der Waals surface area contributed by atoms with Gasteiger partial charge in [-0.25, -0.2) is 4.98 Å². The molecule has 4 heteroatoms. The molecule has 0 unspecified atom stereocenters. The Morgan fingerprint density at radius 1 is 0.339 bits per heavy atom. The fourth-order valence-corrected chi connectivity index (χ4v) is 9.64. The summed E-state index contributed by atoms with van der Waals surface area (Å²) in [5.41, 5.74) is 16.5. The molecule has 2 aliphatic carbocycles. The van der Waals surface area contributed by atoms with Crippen LogP contribution in [0.1, 0.15) is 22.3 Å². The number of fused-ring (bicyclic) bond motifs is 13. The summed E-state index contributed by atoms with van der Waals surface area (Å²) in [5, 5.41) is 2.30. The van der Waals surface area contributed by atoms with E-state index in [1.165, 1.54) is 50.1 Å². The fourth-order valence-electron chi connectivity index (χ4n) is 9.64. The molecule has 0 saturated carbocycles. The first-order valence-electron chi connectivity index (χ1n) is 19.1. The summed E-state index contributed by atoms with van der Waals surface area (Å²) in [7, 11) is 0. The highest BCUT2D eigenvalue weighted by molar-refractivity contribution is 6.11. The minimum Gasteiger partial charge on any atom is -0.278 e. The second-order valence-electron chi connectivity index (χ2n) is 14.7. The van der Waals surface area contributed by atoms with Gasteiger partial charge in [-0.05, 0) is 67.8 Å². The van der Waals surface area contributed by atoms with Crippen LogP contribution in [0.15, 0.2) is 194 Å². The number of hydrogen-bond acceptors (Lipinski definition) is 3. The predicted molar refractivity (Wildman–Crippen MR) is 227 cm³/mol. The Bertz CT molecular complexity index is 3090. The lowest BCUT2D eigenvalue weighted by atomic mass is 9.70. The van der Waals surface area contributed by atoms with Gasteiger partial charge >= 0.3 is 0 Å². The highest BCUT2D eigenvalue weighted by atomic mass is 15.2. The van der Waals surface area contributed by atoms with E-state index in [1.54, 1.807) is 0 Å². The van der Waals surface area contributed by atoms with Gasteiger partial charge in [-0.15, -0.1) is 0 Å². The van der Waals surface area contributed by atoms with E-state index in [-0.39, 0.29) is 0 Å². The lowest BCUT2D eigenvalue weighted by Gasteiger charge is -2.30. The molecule has 0 radical (unpaired) electrons. The SMILES string of the molecule is c1ccc(-c2nc(-c3ccccc3)nc(-n3c4ccccc4c4ccc(-c5cccc6c5-c5ccccc5C65c6ccccc6-c6ccccc65)cc43)n2)cc1. The van der Waals surface area contributed by atoms with Crippen molar-refractivity contribution < 1.29 is 0 Å². The normalized spacial score (nSPS) is 13.1. The molecule has 260 valence electrons. The Morgan fingerprint density at radius 3 is 1.50 bits per heavy atom. The van der Waals surface area contributed by atoms with Gasteiger partial charge in [0.15, 0.2) is 11.6 Å². The minimum atomic E-state index is -0.402. The molecule has 0 amide bonds. The van der Waals surface area contributed by atoms with E-state index >= 15 is 0 Å². The Labute approximate surface area is 324 Å². The lowest BCUT2D eigenvalue weighted by Crippen LogP contribution is -2.25. The van der Waals surface area contributed by atoms with Crippen LogP contribution in [0.3, 0.4) is 0 Å². The van der Waals surface area contributed by atoms with Crippen molar-refractivity contribution in [1.29, 1.82) is 0 Å². The largest absolute Gasteiger partial charge is 0.278 e. The molecule has 0 aliphatic heterocycles. The van der Waals surface area contributed by atoms with Crippen LogP contribution in [0, 0.1) is 0 Å². The van der Waals surface area contributed by atoms with E-state index in [1.807, 2.05) is 36.4 Å². The monoisotopic (exact) mass is 712 g/mol. The number of nitrogens with zero attached hydrogens (tertiary/aromatic N) is 4. The van der Waals surface area contributed by atoms with Crippen LogP contribution >= 0.6 is 0 Å². The fraction of sp³-hybridized carbons (Fsp3) is 0.0192. The molecular weight excluding hydrogens is 681 g/mol. The molecule has 0 fully saturated rings. The van der Waals surface area contributed by atoms with E-state index in [0.29, 0.717) is 17.6 Å². The Hall–Kier alpha value is -7.43. The van der Waals surface area contributed by atoms with Crippen molar-refractivity contribution in [3.05, 3.63) is 216 Å². The zero-order valence-electron chi connectivity index (χ0n) is 30.3. The smallest absolute Gasteiger partial charge is 0.238 e. The van der Waals surface area contributed by atoms with E-state index in [0.717, 1.165) is 38.5 Å². The third kappa shape index (κ3) is 4.21. The van der Waals surface area contributed by atoms with Crippen LogP contribution in [0.2, 0.25) is 0 Å². The van der Waals surface area contributed by atoms with Crippen LogP contribution in [0.25, 0.3) is 83.9 Å². The summed E-state index contributed by atoms with van der Waals surface area (Å²) in [6.45, 7) is 0. The first kappa shape index (κ1) is 31.0. The van der Waals surface area contributed by atoms with Crippen LogP contribution in [0.5, 0.6) is 0 Å². The maximum atomic E-state index is 5.19. The Kier molecular flexibility index (Phi) is 6.52. The molecule has 0 atom stereocenters. The third-order valence-corrected chi connectivity index (χ3v) is 11.9. The first-order valence-corrected chi connectivity index (χ1v) is 19.1. The molecule has 12 rings (SSSR count). The first-order chi connectivity index (χ1) is 27.8. The number of rotatable bonds is 4. The maximum Gasteiger partial charge on any atom is 0.238 e. The van der Waals surface area contributed by atoms with Crippen LogP contribution in [-0.2, 0) is 5.41 Å². The van der Waals surface area contributed by atoms with Gasteiger partial charge in [0, 0.05) is 21.9 Å². The highest BCUT2D eigenvalue weighted by Gasteiger charge is 2.51. The number of benzene rings is 8. The van der Waals surface area contributed by atoms with E-state index < -0.39 is 5.41 Å². The van der Waals surface area contributed by atoms with E-state index in [4.69, 9.17) is 15.0 Å². The van der Waals surface area contributed by atoms with Crippen molar-refractivity contribution in [3.8, 4) is 62.1 Å². The molecule has 0 N–H and O–H groups in total. The minimum absolute atomic E-state index is 0.402. The Morgan fingerprint density at radius 2 is 0.839 bits per heavy atom. The summed E-state index contributed by atoms with van der Waals surface area (Å²) >= 11 is 0. The lowest BCUT2D eigenvalue weighted by molar-refractivity contribution is 0.794. The second kappa shape index (κ2) is 11.8. The molecule has 56 heavy (non-hydrogen) atoms. The number of aromatic nitrogens is 4. The molecule has 2 heterocycles. The molecule has 10 aromatic rings. The average Bonchev–Trinajstić information content (AvgIpc) is 3.88. The molecule has 0 saturated heterocycles. The average molecular weight is 713 g/mol. The van der Waals surface area contributed by atoms with Crippen molar-refractivity contribution in [3.63, 3.8) is 0 Å². The van der Waals surface area contributed by atoms with Crippen LogP contribution in [-0.4, -0.2) is 19.5 Å². The molecule has 1 spiro atoms. The summed E-state index contributed by atoms with van der Waals surface area (Å²) in [6.07, 6.45) is 0. The molecular formula is C52H32N4. The van der Waals surface area contributed by atoms with Crippen LogP contribution < -0.4 is 0 Å². The topological polar surface area (TPSA) is 43.6 Å². The quantitative estimate of drug-likeness (QED) is 0.182. The summed E-state index contributed by atoms with van der Waals surface area (Å²) in [4.78, 5) is 15.4.